The molecule has 1 aromatic carbocycles. The Labute approximate surface area is 126 Å². The fourth-order valence-electron chi connectivity index (χ4n) is 2.02. The fraction of sp³-hybridized carbons (Fsp3) is 0.133. The standard InChI is InChI=1S/C15H14N6O/c1-10-8-11(2)21-15(17-10)18-13(20-21)14(22)19-16-9-12-6-4-3-5-7-12/h3-9H,1-2H3,(H,19,22)/b16-9+. The van der Waals surface area contributed by atoms with Crippen molar-refractivity contribution in [2.24, 2.45) is 5.10 Å². The lowest BCUT2D eigenvalue weighted by Crippen LogP contribution is -2.19. The van der Waals surface area contributed by atoms with Gasteiger partial charge in [0.2, 0.25) is 5.82 Å². The third-order valence-electron chi connectivity index (χ3n) is 3.00. The largest absolute Gasteiger partial charge is 0.311 e. The molecule has 0 bridgehead atoms. The van der Waals surface area contributed by atoms with Crippen LogP contribution < -0.4 is 5.43 Å². The molecule has 7 nitrogen and oxygen atoms in total. The summed E-state index contributed by atoms with van der Waals surface area (Å²) in [4.78, 5) is 20.4. The second-order valence-corrected chi connectivity index (χ2v) is 4.80. The van der Waals surface area contributed by atoms with Gasteiger partial charge in [-0.3, -0.25) is 4.79 Å². The SMILES string of the molecule is Cc1cc(C)n2nc(C(=O)N/N=C/c3ccccc3)nc2n1. The van der Waals surface area contributed by atoms with Crippen LogP contribution in [0.3, 0.4) is 0 Å². The van der Waals surface area contributed by atoms with E-state index in [9.17, 15) is 4.79 Å². The third-order valence-corrected chi connectivity index (χ3v) is 3.00. The third kappa shape index (κ3) is 2.83. The molecule has 0 aliphatic heterocycles. The number of carbonyl (C=O) groups excluding carboxylic acids is 1. The molecule has 0 aliphatic rings. The summed E-state index contributed by atoms with van der Waals surface area (Å²) in [5.74, 6) is -0.0455. The monoisotopic (exact) mass is 294 g/mol. The molecule has 1 N–H and O–H groups in total. The van der Waals surface area contributed by atoms with Crippen LogP contribution in [-0.4, -0.2) is 31.7 Å². The molecule has 0 saturated heterocycles. The molecule has 110 valence electrons. The van der Waals surface area contributed by atoms with Crippen molar-refractivity contribution >= 4 is 17.9 Å². The Morgan fingerprint density at radius 1 is 1.23 bits per heavy atom. The first-order valence-corrected chi connectivity index (χ1v) is 6.73. The van der Waals surface area contributed by atoms with Crippen molar-refractivity contribution in [2.45, 2.75) is 13.8 Å². The first-order valence-electron chi connectivity index (χ1n) is 6.73. The maximum Gasteiger partial charge on any atom is 0.311 e. The predicted octanol–water partition coefficient (Wildman–Crippen LogP) is 1.51. The minimum atomic E-state index is -0.477. The van der Waals surface area contributed by atoms with Gasteiger partial charge < -0.3 is 0 Å². The maximum absolute atomic E-state index is 12.0. The van der Waals surface area contributed by atoms with E-state index in [2.05, 4.69) is 25.6 Å². The average molecular weight is 294 g/mol. The Hall–Kier alpha value is -3.09. The number of hydrogen-bond acceptors (Lipinski definition) is 5. The summed E-state index contributed by atoms with van der Waals surface area (Å²) >= 11 is 0. The van der Waals surface area contributed by atoms with E-state index in [1.165, 1.54) is 4.52 Å². The number of aryl methyl sites for hydroxylation is 2. The minimum Gasteiger partial charge on any atom is -0.264 e. The van der Waals surface area contributed by atoms with Crippen LogP contribution in [0.5, 0.6) is 0 Å². The predicted molar refractivity (Wildman–Crippen MR) is 81.8 cm³/mol. The summed E-state index contributed by atoms with van der Waals surface area (Å²) in [5.41, 5.74) is 4.98. The second-order valence-electron chi connectivity index (χ2n) is 4.80. The van der Waals surface area contributed by atoms with Gasteiger partial charge in [-0.1, -0.05) is 30.3 Å². The van der Waals surface area contributed by atoms with Gasteiger partial charge in [-0.25, -0.2) is 14.9 Å². The Kier molecular flexibility index (Phi) is 3.61. The zero-order valence-corrected chi connectivity index (χ0v) is 12.2. The lowest BCUT2D eigenvalue weighted by atomic mass is 10.2. The van der Waals surface area contributed by atoms with Gasteiger partial charge in [0.15, 0.2) is 0 Å². The number of nitrogens with one attached hydrogen (secondary N) is 1. The van der Waals surface area contributed by atoms with Crippen LogP contribution in [-0.2, 0) is 0 Å². The van der Waals surface area contributed by atoms with E-state index in [1.807, 2.05) is 50.2 Å². The van der Waals surface area contributed by atoms with E-state index in [4.69, 9.17) is 0 Å². The molecule has 2 aromatic heterocycles. The lowest BCUT2D eigenvalue weighted by Gasteiger charge is -1.97. The fourth-order valence-corrected chi connectivity index (χ4v) is 2.02. The number of hydrazone groups is 1. The van der Waals surface area contributed by atoms with E-state index in [0.717, 1.165) is 17.0 Å². The highest BCUT2D eigenvalue weighted by Gasteiger charge is 2.14. The van der Waals surface area contributed by atoms with E-state index in [0.29, 0.717) is 5.78 Å². The molecule has 1 amide bonds. The highest BCUT2D eigenvalue weighted by atomic mass is 16.2. The van der Waals surface area contributed by atoms with Gasteiger partial charge in [-0.05, 0) is 25.5 Å². The summed E-state index contributed by atoms with van der Waals surface area (Å²) in [5, 5.41) is 8.03. The van der Waals surface area contributed by atoms with Gasteiger partial charge in [0.25, 0.3) is 5.78 Å². The molecule has 7 heteroatoms. The molecule has 0 spiro atoms. The van der Waals surface area contributed by atoms with E-state index < -0.39 is 5.91 Å². The first kappa shape index (κ1) is 13.9. The van der Waals surface area contributed by atoms with Crippen LogP contribution in [0.25, 0.3) is 5.78 Å². The summed E-state index contributed by atoms with van der Waals surface area (Å²) in [6.45, 7) is 3.75. The van der Waals surface area contributed by atoms with Crippen molar-refractivity contribution in [3.8, 4) is 0 Å². The molecule has 3 aromatic rings. The molecule has 0 unspecified atom stereocenters. The van der Waals surface area contributed by atoms with Crippen LogP contribution in [0.2, 0.25) is 0 Å². The van der Waals surface area contributed by atoms with Crippen molar-refractivity contribution < 1.29 is 4.79 Å². The van der Waals surface area contributed by atoms with Gasteiger partial charge in [-0.15, -0.1) is 5.10 Å². The average Bonchev–Trinajstić information content (AvgIpc) is 2.92. The van der Waals surface area contributed by atoms with E-state index >= 15 is 0 Å². The van der Waals surface area contributed by atoms with Crippen LogP contribution in [0.15, 0.2) is 41.5 Å². The summed E-state index contributed by atoms with van der Waals surface area (Å²) in [7, 11) is 0. The Balaban J connectivity index is 1.78. The summed E-state index contributed by atoms with van der Waals surface area (Å²) < 4.78 is 1.53. The Bertz CT molecular complexity index is 853. The maximum atomic E-state index is 12.0. The topological polar surface area (TPSA) is 84.5 Å². The number of rotatable bonds is 3. The van der Waals surface area contributed by atoms with Crippen molar-refractivity contribution in [1.29, 1.82) is 0 Å². The Morgan fingerprint density at radius 2 is 2.00 bits per heavy atom. The normalized spacial score (nSPS) is 11.2. The van der Waals surface area contributed by atoms with Crippen LogP contribution in [0.1, 0.15) is 27.6 Å². The number of aromatic nitrogens is 4. The molecule has 3 rings (SSSR count). The summed E-state index contributed by atoms with van der Waals surface area (Å²) in [6, 6.07) is 11.3. The lowest BCUT2D eigenvalue weighted by molar-refractivity contribution is 0.0945. The Morgan fingerprint density at radius 3 is 2.77 bits per heavy atom. The molecule has 0 saturated carbocycles. The van der Waals surface area contributed by atoms with Crippen LogP contribution >= 0.6 is 0 Å². The van der Waals surface area contributed by atoms with Crippen molar-refractivity contribution in [3.05, 3.63) is 59.2 Å². The smallest absolute Gasteiger partial charge is 0.264 e. The van der Waals surface area contributed by atoms with Gasteiger partial charge in [0, 0.05) is 11.4 Å². The molecule has 0 atom stereocenters. The van der Waals surface area contributed by atoms with Gasteiger partial charge >= 0.3 is 5.91 Å². The number of fused-ring (bicyclic) bond motifs is 1. The van der Waals surface area contributed by atoms with Gasteiger partial charge in [0.1, 0.15) is 0 Å². The molecule has 2 heterocycles. The number of hydrogen-bond donors (Lipinski definition) is 1. The highest BCUT2D eigenvalue weighted by Crippen LogP contribution is 2.05. The molecule has 22 heavy (non-hydrogen) atoms. The zero-order chi connectivity index (χ0) is 15.5. The van der Waals surface area contributed by atoms with Gasteiger partial charge in [-0.2, -0.15) is 10.1 Å². The van der Waals surface area contributed by atoms with Crippen molar-refractivity contribution in [1.82, 2.24) is 25.0 Å². The number of carbonyl (C=O) groups is 1. The summed E-state index contributed by atoms with van der Waals surface area (Å²) in [6.07, 6.45) is 1.56. The van der Waals surface area contributed by atoms with Crippen LogP contribution in [0, 0.1) is 13.8 Å². The second kappa shape index (κ2) is 5.72. The van der Waals surface area contributed by atoms with Crippen molar-refractivity contribution in [3.63, 3.8) is 0 Å². The molecular weight excluding hydrogens is 280 g/mol. The highest BCUT2D eigenvalue weighted by molar-refractivity contribution is 5.91. The first-order chi connectivity index (χ1) is 10.6. The van der Waals surface area contributed by atoms with E-state index in [-0.39, 0.29) is 5.82 Å². The molecular formula is C15H14N6O. The molecule has 0 radical (unpaired) electrons. The van der Waals surface area contributed by atoms with Gasteiger partial charge in [0.05, 0.1) is 6.21 Å². The molecule has 0 fully saturated rings. The van der Waals surface area contributed by atoms with Crippen LogP contribution in [0.4, 0.5) is 0 Å². The number of benzene rings is 1. The molecule has 0 aliphatic carbocycles. The number of amides is 1. The number of nitrogens with zero attached hydrogens (tertiary/aromatic N) is 5. The zero-order valence-electron chi connectivity index (χ0n) is 12.2. The van der Waals surface area contributed by atoms with E-state index in [1.54, 1.807) is 6.21 Å². The van der Waals surface area contributed by atoms with Crippen molar-refractivity contribution in [2.75, 3.05) is 0 Å². The quantitative estimate of drug-likeness (QED) is 0.586. The minimum absolute atomic E-state index is 0.0337.